The normalized spacial score (nSPS) is 10.6. The Hall–Kier alpha value is -3.14. The molecule has 0 radical (unpaired) electrons. The molecule has 8 nitrogen and oxygen atoms in total. The summed E-state index contributed by atoms with van der Waals surface area (Å²) in [5.41, 5.74) is 1.72. The van der Waals surface area contributed by atoms with E-state index < -0.39 is 18.5 Å². The van der Waals surface area contributed by atoms with Crippen LogP contribution in [0.2, 0.25) is 0 Å². The van der Waals surface area contributed by atoms with Gasteiger partial charge in [0, 0.05) is 17.5 Å². The fourth-order valence-corrected chi connectivity index (χ4v) is 2.81. The van der Waals surface area contributed by atoms with Crippen LogP contribution < -0.4 is 5.32 Å². The number of benzene rings is 1. The van der Waals surface area contributed by atoms with E-state index in [1.807, 2.05) is 16.8 Å². The number of amides is 1. The lowest BCUT2D eigenvalue weighted by Gasteiger charge is -2.06. The minimum absolute atomic E-state index is 0.236. The lowest BCUT2D eigenvalue weighted by atomic mass is 10.1. The number of carbonyl (C=O) groups is 2. The first kappa shape index (κ1) is 18.6. The Balaban J connectivity index is 1.36. The Labute approximate surface area is 158 Å². The summed E-state index contributed by atoms with van der Waals surface area (Å²) in [5.74, 6) is -0.949. The molecule has 0 unspecified atom stereocenters. The number of nitrogens with one attached hydrogen (secondary N) is 1. The Kier molecular flexibility index (Phi) is 6.21. The smallest absolute Gasteiger partial charge is 0.330 e. The Morgan fingerprint density at radius 2 is 2.04 bits per heavy atom. The van der Waals surface area contributed by atoms with Gasteiger partial charge in [-0.25, -0.2) is 9.18 Å². The Morgan fingerprint density at radius 3 is 2.78 bits per heavy atom. The van der Waals surface area contributed by atoms with Crippen molar-refractivity contribution < 1.29 is 18.7 Å². The van der Waals surface area contributed by atoms with E-state index in [0.717, 1.165) is 15.9 Å². The van der Waals surface area contributed by atoms with Crippen LogP contribution in [0.5, 0.6) is 0 Å². The Bertz CT molecular complexity index is 896. The van der Waals surface area contributed by atoms with E-state index in [2.05, 4.69) is 20.7 Å². The summed E-state index contributed by atoms with van der Waals surface area (Å²) in [7, 11) is 0. The average Bonchev–Trinajstić information content (AvgIpc) is 3.33. The molecule has 27 heavy (non-hydrogen) atoms. The molecule has 0 aliphatic carbocycles. The molecule has 0 saturated carbocycles. The summed E-state index contributed by atoms with van der Waals surface area (Å²) in [5, 5.41) is 18.1. The molecule has 0 aliphatic heterocycles. The highest BCUT2D eigenvalue weighted by molar-refractivity contribution is 7.08. The van der Waals surface area contributed by atoms with Gasteiger partial charge in [0.1, 0.15) is 5.82 Å². The molecular formula is C17H16FN5O3S. The summed E-state index contributed by atoms with van der Waals surface area (Å²) < 4.78 is 17.7. The van der Waals surface area contributed by atoms with Gasteiger partial charge in [0.15, 0.2) is 13.2 Å². The summed E-state index contributed by atoms with van der Waals surface area (Å²) in [6, 6.07) is 7.87. The standard InChI is InChI=1S/C17H16FN5O3S/c18-14-3-1-12(2-4-14)5-7-19-15(24)10-26-16(25)9-23-21-17(20-22-23)13-6-8-27-11-13/h1-4,6,8,11H,5,7,9-10H2,(H,19,24). The van der Waals surface area contributed by atoms with Crippen molar-refractivity contribution in [2.24, 2.45) is 0 Å². The van der Waals surface area contributed by atoms with Crippen molar-refractivity contribution in [2.75, 3.05) is 13.2 Å². The van der Waals surface area contributed by atoms with E-state index in [9.17, 15) is 14.0 Å². The lowest BCUT2D eigenvalue weighted by Crippen LogP contribution is -2.31. The number of hydrogen-bond donors (Lipinski definition) is 1. The van der Waals surface area contributed by atoms with Crippen LogP contribution in [0.25, 0.3) is 11.4 Å². The van der Waals surface area contributed by atoms with E-state index in [0.29, 0.717) is 18.8 Å². The number of esters is 1. The molecule has 2 aromatic heterocycles. The number of thiophene rings is 1. The van der Waals surface area contributed by atoms with Gasteiger partial charge < -0.3 is 10.1 Å². The van der Waals surface area contributed by atoms with E-state index in [1.165, 1.54) is 23.5 Å². The topological polar surface area (TPSA) is 99.0 Å². The summed E-state index contributed by atoms with van der Waals surface area (Å²) in [4.78, 5) is 24.6. The zero-order valence-corrected chi connectivity index (χ0v) is 15.0. The van der Waals surface area contributed by atoms with Crippen molar-refractivity contribution in [3.8, 4) is 11.4 Å². The number of nitrogens with zero attached hydrogens (tertiary/aromatic N) is 4. The minimum Gasteiger partial charge on any atom is -0.454 e. The summed E-state index contributed by atoms with van der Waals surface area (Å²) >= 11 is 1.50. The third-order valence-corrected chi connectivity index (χ3v) is 4.20. The van der Waals surface area contributed by atoms with Crippen LogP contribution in [0.4, 0.5) is 4.39 Å². The van der Waals surface area contributed by atoms with Gasteiger partial charge >= 0.3 is 5.97 Å². The van der Waals surface area contributed by atoms with Crippen molar-refractivity contribution >= 4 is 23.2 Å². The number of halogens is 1. The van der Waals surface area contributed by atoms with Crippen LogP contribution in [0.3, 0.4) is 0 Å². The highest BCUT2D eigenvalue weighted by atomic mass is 32.1. The fourth-order valence-electron chi connectivity index (χ4n) is 2.17. The zero-order valence-electron chi connectivity index (χ0n) is 14.2. The minimum atomic E-state index is -0.641. The SMILES string of the molecule is O=C(COC(=O)Cn1nnc(-c2ccsc2)n1)NCCc1ccc(F)cc1. The van der Waals surface area contributed by atoms with Gasteiger partial charge in [-0.2, -0.15) is 16.1 Å². The van der Waals surface area contributed by atoms with Gasteiger partial charge in [-0.05, 0) is 40.8 Å². The van der Waals surface area contributed by atoms with Gasteiger partial charge in [0.05, 0.1) is 0 Å². The predicted molar refractivity (Wildman–Crippen MR) is 95.2 cm³/mol. The number of tetrazole rings is 1. The second-order valence-corrected chi connectivity index (χ2v) is 6.32. The average molecular weight is 389 g/mol. The monoisotopic (exact) mass is 389 g/mol. The zero-order chi connectivity index (χ0) is 19.1. The van der Waals surface area contributed by atoms with Crippen molar-refractivity contribution in [1.82, 2.24) is 25.5 Å². The second-order valence-electron chi connectivity index (χ2n) is 5.54. The van der Waals surface area contributed by atoms with Gasteiger partial charge in [0.25, 0.3) is 5.91 Å². The largest absolute Gasteiger partial charge is 0.454 e. The molecule has 1 amide bonds. The number of rotatable bonds is 8. The number of carbonyl (C=O) groups excluding carboxylic acids is 2. The van der Waals surface area contributed by atoms with E-state index in [1.54, 1.807) is 12.1 Å². The maximum Gasteiger partial charge on any atom is 0.330 e. The van der Waals surface area contributed by atoms with Gasteiger partial charge in [-0.15, -0.1) is 10.2 Å². The van der Waals surface area contributed by atoms with Crippen LogP contribution in [0, 0.1) is 5.82 Å². The van der Waals surface area contributed by atoms with E-state index in [-0.39, 0.29) is 12.4 Å². The quantitative estimate of drug-likeness (QED) is 0.586. The molecule has 1 aromatic carbocycles. The molecule has 0 fully saturated rings. The molecule has 0 spiro atoms. The first-order valence-corrected chi connectivity index (χ1v) is 9.01. The van der Waals surface area contributed by atoms with Gasteiger partial charge in [0.2, 0.25) is 5.82 Å². The second kappa shape index (κ2) is 8.99. The summed E-state index contributed by atoms with van der Waals surface area (Å²) in [6.45, 7) is -0.273. The van der Waals surface area contributed by atoms with Gasteiger partial charge in [-0.3, -0.25) is 4.79 Å². The number of ether oxygens (including phenoxy) is 1. The molecule has 0 aliphatic rings. The molecular weight excluding hydrogens is 373 g/mol. The van der Waals surface area contributed by atoms with Gasteiger partial charge in [-0.1, -0.05) is 12.1 Å². The van der Waals surface area contributed by atoms with Crippen LogP contribution >= 0.6 is 11.3 Å². The van der Waals surface area contributed by atoms with Crippen LogP contribution in [0.15, 0.2) is 41.1 Å². The van der Waals surface area contributed by atoms with E-state index >= 15 is 0 Å². The number of aromatic nitrogens is 4. The maximum atomic E-state index is 12.8. The molecule has 0 saturated heterocycles. The van der Waals surface area contributed by atoms with Crippen molar-refractivity contribution in [3.05, 3.63) is 52.5 Å². The van der Waals surface area contributed by atoms with Crippen LogP contribution in [-0.4, -0.2) is 45.2 Å². The first-order chi connectivity index (χ1) is 13.1. The maximum absolute atomic E-state index is 12.8. The molecule has 3 aromatic rings. The molecule has 140 valence electrons. The molecule has 10 heteroatoms. The van der Waals surface area contributed by atoms with E-state index in [4.69, 9.17) is 4.74 Å². The Morgan fingerprint density at radius 1 is 1.22 bits per heavy atom. The van der Waals surface area contributed by atoms with Crippen LogP contribution in [-0.2, 0) is 27.3 Å². The van der Waals surface area contributed by atoms with Crippen LogP contribution in [0.1, 0.15) is 5.56 Å². The first-order valence-electron chi connectivity index (χ1n) is 8.07. The molecule has 0 atom stereocenters. The fraction of sp³-hybridized carbons (Fsp3) is 0.235. The third kappa shape index (κ3) is 5.68. The lowest BCUT2D eigenvalue weighted by molar-refractivity contribution is -0.149. The van der Waals surface area contributed by atoms with Crippen molar-refractivity contribution in [2.45, 2.75) is 13.0 Å². The predicted octanol–water partition coefficient (Wildman–Crippen LogP) is 1.44. The number of hydrogen-bond acceptors (Lipinski definition) is 7. The molecule has 2 heterocycles. The third-order valence-electron chi connectivity index (χ3n) is 3.52. The molecule has 1 N–H and O–H groups in total. The molecule has 0 bridgehead atoms. The highest BCUT2D eigenvalue weighted by Gasteiger charge is 2.12. The van der Waals surface area contributed by atoms with Crippen molar-refractivity contribution in [3.63, 3.8) is 0 Å². The molecule has 3 rings (SSSR count). The highest BCUT2D eigenvalue weighted by Crippen LogP contribution is 2.16. The van der Waals surface area contributed by atoms with Crippen molar-refractivity contribution in [1.29, 1.82) is 0 Å². The summed E-state index contributed by atoms with van der Waals surface area (Å²) in [6.07, 6.45) is 0.550.